The van der Waals surface area contributed by atoms with Gasteiger partial charge in [-0.25, -0.2) is 5.43 Å². The predicted molar refractivity (Wildman–Crippen MR) is 115 cm³/mol. The van der Waals surface area contributed by atoms with Gasteiger partial charge in [-0.15, -0.1) is 0 Å². The van der Waals surface area contributed by atoms with E-state index >= 15 is 0 Å². The van der Waals surface area contributed by atoms with Gasteiger partial charge in [0.1, 0.15) is 0 Å². The van der Waals surface area contributed by atoms with E-state index in [0.717, 1.165) is 15.6 Å². The second-order valence-electron chi connectivity index (χ2n) is 6.15. The standard InChI is InChI=1S/C22H18BrN3O2/c1-15-5-9-17(10-6-15)21(27)25-20-4-2-3-18(13-20)22(28)26-24-14-16-7-11-19(23)12-8-16/h2-14H,1H3,(H,25,27)(H,26,28)/b24-14+. The van der Waals surface area contributed by atoms with Crippen LogP contribution >= 0.6 is 15.9 Å². The summed E-state index contributed by atoms with van der Waals surface area (Å²) in [7, 11) is 0. The van der Waals surface area contributed by atoms with E-state index in [1.807, 2.05) is 43.3 Å². The number of benzene rings is 3. The van der Waals surface area contributed by atoms with E-state index in [9.17, 15) is 9.59 Å². The summed E-state index contributed by atoms with van der Waals surface area (Å²) < 4.78 is 0.971. The lowest BCUT2D eigenvalue weighted by atomic mass is 10.1. The minimum atomic E-state index is -0.361. The molecule has 0 bridgehead atoms. The summed E-state index contributed by atoms with van der Waals surface area (Å²) >= 11 is 3.36. The van der Waals surface area contributed by atoms with Crippen LogP contribution in [0.5, 0.6) is 0 Å². The number of hydrogen-bond donors (Lipinski definition) is 2. The van der Waals surface area contributed by atoms with E-state index < -0.39 is 0 Å². The lowest BCUT2D eigenvalue weighted by Gasteiger charge is -2.07. The molecular weight excluding hydrogens is 418 g/mol. The van der Waals surface area contributed by atoms with Crippen molar-refractivity contribution in [1.82, 2.24) is 5.43 Å². The number of aryl methyl sites for hydroxylation is 1. The zero-order valence-electron chi connectivity index (χ0n) is 15.1. The molecule has 0 aromatic heterocycles. The highest BCUT2D eigenvalue weighted by molar-refractivity contribution is 9.10. The zero-order valence-corrected chi connectivity index (χ0v) is 16.7. The van der Waals surface area contributed by atoms with Crippen molar-refractivity contribution in [2.24, 2.45) is 5.10 Å². The topological polar surface area (TPSA) is 70.6 Å². The van der Waals surface area contributed by atoms with Crippen LogP contribution in [-0.2, 0) is 0 Å². The Kier molecular flexibility index (Phi) is 6.34. The van der Waals surface area contributed by atoms with Gasteiger partial charge in [-0.2, -0.15) is 5.10 Å². The average molecular weight is 436 g/mol. The summed E-state index contributed by atoms with van der Waals surface area (Å²) in [6, 6.07) is 21.5. The maximum Gasteiger partial charge on any atom is 0.271 e. The van der Waals surface area contributed by atoms with Crippen molar-refractivity contribution in [2.75, 3.05) is 5.32 Å². The Morgan fingerprint density at radius 3 is 2.32 bits per heavy atom. The molecule has 3 aromatic rings. The van der Waals surface area contributed by atoms with Crippen molar-refractivity contribution < 1.29 is 9.59 Å². The van der Waals surface area contributed by atoms with Crippen LogP contribution in [0.4, 0.5) is 5.69 Å². The largest absolute Gasteiger partial charge is 0.322 e. The quantitative estimate of drug-likeness (QED) is 0.447. The maximum absolute atomic E-state index is 12.3. The van der Waals surface area contributed by atoms with Crippen LogP contribution in [-0.4, -0.2) is 18.0 Å². The molecule has 2 N–H and O–H groups in total. The van der Waals surface area contributed by atoms with Gasteiger partial charge in [0.2, 0.25) is 0 Å². The molecule has 0 unspecified atom stereocenters. The number of rotatable bonds is 5. The molecule has 0 saturated carbocycles. The number of amides is 2. The van der Waals surface area contributed by atoms with Gasteiger partial charge < -0.3 is 5.32 Å². The second-order valence-corrected chi connectivity index (χ2v) is 7.07. The van der Waals surface area contributed by atoms with Gasteiger partial charge in [-0.1, -0.05) is 51.8 Å². The second kappa shape index (κ2) is 9.10. The number of hydrazone groups is 1. The lowest BCUT2D eigenvalue weighted by molar-refractivity contribution is 0.0953. The molecule has 28 heavy (non-hydrogen) atoms. The van der Waals surface area contributed by atoms with E-state index in [2.05, 4.69) is 31.8 Å². The number of nitrogens with one attached hydrogen (secondary N) is 2. The molecule has 0 atom stereocenters. The molecular formula is C22H18BrN3O2. The van der Waals surface area contributed by atoms with E-state index in [1.54, 1.807) is 42.6 Å². The van der Waals surface area contributed by atoms with Gasteiger partial charge in [0, 0.05) is 21.3 Å². The number of hydrogen-bond acceptors (Lipinski definition) is 3. The van der Waals surface area contributed by atoms with Crippen LogP contribution in [0.3, 0.4) is 0 Å². The summed E-state index contributed by atoms with van der Waals surface area (Å²) in [6.45, 7) is 1.96. The van der Waals surface area contributed by atoms with E-state index in [-0.39, 0.29) is 11.8 Å². The molecule has 5 nitrogen and oxygen atoms in total. The van der Waals surface area contributed by atoms with Crippen molar-refractivity contribution in [3.8, 4) is 0 Å². The fourth-order valence-electron chi connectivity index (χ4n) is 2.43. The Bertz CT molecular complexity index is 1010. The third-order valence-electron chi connectivity index (χ3n) is 3.95. The molecule has 0 aliphatic rings. The zero-order chi connectivity index (χ0) is 19.9. The highest BCUT2D eigenvalue weighted by atomic mass is 79.9. The predicted octanol–water partition coefficient (Wildman–Crippen LogP) is 4.77. The summed E-state index contributed by atoms with van der Waals surface area (Å²) in [5.74, 6) is -0.592. The highest BCUT2D eigenvalue weighted by Crippen LogP contribution is 2.13. The number of halogens is 1. The fourth-order valence-corrected chi connectivity index (χ4v) is 2.69. The van der Waals surface area contributed by atoms with E-state index in [0.29, 0.717) is 16.8 Å². The van der Waals surface area contributed by atoms with Crippen molar-refractivity contribution in [3.05, 3.63) is 99.5 Å². The molecule has 0 aliphatic heterocycles. The molecule has 0 aliphatic carbocycles. The first-order valence-electron chi connectivity index (χ1n) is 8.58. The van der Waals surface area contributed by atoms with Crippen LogP contribution in [0.15, 0.2) is 82.4 Å². The van der Waals surface area contributed by atoms with Crippen molar-refractivity contribution in [1.29, 1.82) is 0 Å². The van der Waals surface area contributed by atoms with Gasteiger partial charge in [0.25, 0.3) is 11.8 Å². The Labute approximate surface area is 171 Å². The molecule has 0 fully saturated rings. The smallest absolute Gasteiger partial charge is 0.271 e. The van der Waals surface area contributed by atoms with Crippen molar-refractivity contribution in [3.63, 3.8) is 0 Å². The molecule has 0 radical (unpaired) electrons. The SMILES string of the molecule is Cc1ccc(C(=O)Nc2cccc(C(=O)N/N=C/c3ccc(Br)cc3)c2)cc1. The van der Waals surface area contributed by atoms with Crippen molar-refractivity contribution in [2.45, 2.75) is 6.92 Å². The van der Waals surface area contributed by atoms with Gasteiger partial charge in [-0.3, -0.25) is 9.59 Å². The first-order chi connectivity index (χ1) is 13.5. The van der Waals surface area contributed by atoms with Crippen LogP contribution < -0.4 is 10.7 Å². The fraction of sp³-hybridized carbons (Fsp3) is 0.0455. The van der Waals surface area contributed by atoms with Crippen molar-refractivity contribution >= 4 is 39.6 Å². The average Bonchev–Trinajstić information content (AvgIpc) is 2.70. The Balaban J connectivity index is 1.63. The molecule has 6 heteroatoms. The molecule has 0 heterocycles. The van der Waals surface area contributed by atoms with Crippen LogP contribution in [0.2, 0.25) is 0 Å². The summed E-state index contributed by atoms with van der Waals surface area (Å²) in [5, 5.41) is 6.77. The number of carbonyl (C=O) groups is 2. The highest BCUT2D eigenvalue weighted by Gasteiger charge is 2.09. The first-order valence-corrected chi connectivity index (χ1v) is 9.37. The van der Waals surface area contributed by atoms with Gasteiger partial charge in [-0.05, 0) is 55.0 Å². The number of nitrogens with zero attached hydrogens (tertiary/aromatic N) is 1. The molecule has 2 amide bonds. The van der Waals surface area contributed by atoms with Gasteiger partial charge in [0.05, 0.1) is 6.21 Å². The Morgan fingerprint density at radius 1 is 0.893 bits per heavy atom. The lowest BCUT2D eigenvalue weighted by Crippen LogP contribution is -2.18. The minimum Gasteiger partial charge on any atom is -0.322 e. The number of anilines is 1. The van der Waals surface area contributed by atoms with Crippen LogP contribution in [0.1, 0.15) is 31.8 Å². The van der Waals surface area contributed by atoms with Gasteiger partial charge in [0.15, 0.2) is 0 Å². The maximum atomic E-state index is 12.3. The Hall–Kier alpha value is -3.25. The molecule has 3 rings (SSSR count). The normalized spacial score (nSPS) is 10.6. The van der Waals surface area contributed by atoms with E-state index in [1.165, 1.54) is 0 Å². The summed E-state index contributed by atoms with van der Waals surface area (Å²) in [6.07, 6.45) is 1.56. The first kappa shape index (κ1) is 19.5. The van der Waals surface area contributed by atoms with Crippen LogP contribution in [0.25, 0.3) is 0 Å². The van der Waals surface area contributed by atoms with Gasteiger partial charge >= 0.3 is 0 Å². The monoisotopic (exact) mass is 435 g/mol. The summed E-state index contributed by atoms with van der Waals surface area (Å²) in [5.41, 5.74) is 5.92. The number of carbonyl (C=O) groups excluding carboxylic acids is 2. The third kappa shape index (κ3) is 5.37. The molecule has 3 aromatic carbocycles. The molecule has 0 spiro atoms. The molecule has 140 valence electrons. The Morgan fingerprint density at radius 2 is 1.61 bits per heavy atom. The van der Waals surface area contributed by atoms with E-state index in [4.69, 9.17) is 0 Å². The van der Waals surface area contributed by atoms with Crippen LogP contribution in [0, 0.1) is 6.92 Å². The minimum absolute atomic E-state index is 0.231. The third-order valence-corrected chi connectivity index (χ3v) is 4.47. The summed E-state index contributed by atoms with van der Waals surface area (Å²) in [4.78, 5) is 24.6. The molecule has 0 saturated heterocycles.